The lowest BCUT2D eigenvalue weighted by molar-refractivity contribution is 0.316. The van der Waals surface area contributed by atoms with Crippen molar-refractivity contribution in [1.82, 2.24) is 79.5 Å². The number of hydrogen-bond donors (Lipinski definition) is 13. The smallest absolute Gasteiger partial charge is 0.354 e. The molecule has 16 aromatic rings. The number of thiazole rings is 2. The zero-order valence-electron chi connectivity index (χ0n) is 84.2. The van der Waals surface area contributed by atoms with E-state index < -0.39 is 34.5 Å². The van der Waals surface area contributed by atoms with Crippen molar-refractivity contribution in [3.05, 3.63) is 314 Å². The number of H-pyrrole nitrogens is 3. The average Bonchev–Trinajstić information content (AvgIpc) is 1.64. The Labute approximate surface area is 881 Å². The van der Waals surface area contributed by atoms with E-state index in [0.717, 1.165) is 183 Å². The van der Waals surface area contributed by atoms with E-state index in [4.69, 9.17) is 68.2 Å². The van der Waals surface area contributed by atoms with E-state index in [2.05, 4.69) is 140 Å². The second kappa shape index (κ2) is 52.3. The number of ether oxygens (including phenoxy) is 1. The van der Waals surface area contributed by atoms with Crippen molar-refractivity contribution in [2.24, 2.45) is 50.7 Å². The molecule has 4 atom stereocenters. The molecule has 7 aromatic carbocycles. The van der Waals surface area contributed by atoms with Gasteiger partial charge in [0.05, 0.1) is 56.3 Å². The fraction of sp³-hybridized carbons (Fsp3) is 0.351. The second-order valence-electron chi connectivity index (χ2n) is 38.8. The number of fused-ring (bicyclic) bond motifs is 3. The van der Waals surface area contributed by atoms with Crippen LogP contribution in [0.3, 0.4) is 0 Å². The molecule has 1 fully saturated rings. The van der Waals surface area contributed by atoms with Gasteiger partial charge in [-0.1, -0.05) is 151 Å². The van der Waals surface area contributed by atoms with E-state index in [1.54, 1.807) is 85.8 Å². The van der Waals surface area contributed by atoms with Crippen LogP contribution in [0.4, 0.5) is 29.4 Å². The number of aliphatic imine (C=N–C) groups is 2. The van der Waals surface area contributed by atoms with Crippen LogP contribution in [-0.4, -0.2) is 120 Å². The van der Waals surface area contributed by atoms with Crippen LogP contribution in [0.25, 0.3) is 83.9 Å². The van der Waals surface area contributed by atoms with Gasteiger partial charge in [0.15, 0.2) is 39.6 Å². The lowest BCUT2D eigenvalue weighted by atomic mass is 9.92. The van der Waals surface area contributed by atoms with Gasteiger partial charge in [0, 0.05) is 149 Å². The third kappa shape index (κ3) is 30.6. The summed E-state index contributed by atoms with van der Waals surface area (Å²) in [5.41, 5.74) is 40.0. The van der Waals surface area contributed by atoms with Crippen LogP contribution in [0.1, 0.15) is 186 Å². The summed E-state index contributed by atoms with van der Waals surface area (Å²) in [5.74, 6) is 1.93. The van der Waals surface area contributed by atoms with Crippen LogP contribution in [0.2, 0.25) is 15.1 Å². The minimum absolute atomic E-state index is 0.0753. The molecule has 0 radical (unpaired) electrons. The lowest BCUT2D eigenvalue weighted by Crippen LogP contribution is -2.38. The number of anilines is 3. The molecule has 9 aromatic heterocycles. The van der Waals surface area contributed by atoms with Gasteiger partial charge in [-0.05, 0) is 262 Å². The predicted molar refractivity (Wildman–Crippen MR) is 596 cm³/mol. The molecule has 0 spiro atoms. The molecule has 29 nitrogen and oxygen atoms in total. The largest absolute Gasteiger partial charge is 0.497 e. The van der Waals surface area contributed by atoms with Gasteiger partial charge in [0.25, 0.3) is 0 Å². The highest BCUT2D eigenvalue weighted by Crippen LogP contribution is 2.38. The van der Waals surface area contributed by atoms with Crippen molar-refractivity contribution in [2.45, 2.75) is 207 Å². The van der Waals surface area contributed by atoms with E-state index in [9.17, 15) is 14.4 Å². The third-order valence-corrected chi connectivity index (χ3v) is 28.9. The molecule has 37 heteroatoms. The number of methoxy groups -OCH3 is 1. The fourth-order valence-electron chi connectivity index (χ4n) is 18.2. The number of halogens is 6. The van der Waals surface area contributed by atoms with Gasteiger partial charge < -0.3 is 74.9 Å². The number of aromatic nitrogens is 13. The van der Waals surface area contributed by atoms with Crippen LogP contribution >= 0.6 is 57.5 Å². The van der Waals surface area contributed by atoms with Crippen molar-refractivity contribution in [2.75, 3.05) is 43.1 Å². The molecule has 0 bridgehead atoms. The number of nitrogens with zero attached hydrogens (tertiary/aromatic N) is 12. The molecule has 1 aliphatic rings. The summed E-state index contributed by atoms with van der Waals surface area (Å²) in [5, 5.41) is 21.5. The summed E-state index contributed by atoms with van der Waals surface area (Å²) >= 11 is 22.0. The molecular formula is C111H129Cl3F3N25O4S2. The third-order valence-electron chi connectivity index (χ3n) is 26.2. The first kappa shape index (κ1) is 109. The van der Waals surface area contributed by atoms with Gasteiger partial charge in [0.1, 0.15) is 22.7 Å². The van der Waals surface area contributed by atoms with Gasteiger partial charge in [0.2, 0.25) is 5.95 Å². The summed E-state index contributed by atoms with van der Waals surface area (Å²) in [6, 6.07) is 50.3. The summed E-state index contributed by atoms with van der Waals surface area (Å²) in [7, 11) is 1.66. The van der Waals surface area contributed by atoms with E-state index >= 15 is 13.2 Å². The zero-order valence-corrected chi connectivity index (χ0v) is 88.1. The Bertz CT molecular complexity index is 7370. The normalized spacial score (nSPS) is 13.5. The van der Waals surface area contributed by atoms with E-state index in [-0.39, 0.29) is 45.1 Å². The molecule has 148 heavy (non-hydrogen) atoms. The van der Waals surface area contributed by atoms with Crippen molar-refractivity contribution in [3.63, 3.8) is 0 Å². The van der Waals surface area contributed by atoms with Crippen LogP contribution in [0.5, 0.6) is 5.75 Å². The maximum atomic E-state index is 15.3. The van der Waals surface area contributed by atoms with Crippen molar-refractivity contribution in [1.29, 1.82) is 0 Å². The number of guanidine groups is 2. The van der Waals surface area contributed by atoms with E-state index in [0.29, 0.717) is 146 Å². The molecule has 1 aliphatic heterocycles. The Kier molecular flexibility index (Phi) is 38.4. The Balaban J connectivity index is 0.000000167. The Morgan fingerprint density at radius 1 is 0.480 bits per heavy atom. The number of aromatic amines is 3. The quantitative estimate of drug-likeness (QED) is 0.0124. The summed E-state index contributed by atoms with van der Waals surface area (Å²) < 4.78 is 55.4. The monoisotopic (exact) mass is 2100 g/mol. The predicted octanol–water partition coefficient (Wildman–Crippen LogP) is 21.6. The second-order valence-corrected chi connectivity index (χ2v) is 42.3. The molecule has 0 amide bonds. The lowest BCUT2D eigenvalue weighted by Gasteiger charge is -2.31. The Morgan fingerprint density at radius 2 is 0.885 bits per heavy atom. The first-order valence-electron chi connectivity index (χ1n) is 50.4. The van der Waals surface area contributed by atoms with Crippen LogP contribution in [-0.2, 0) is 51.7 Å². The number of hydrogen-bond acceptors (Lipinski definition) is 21. The average molecular weight is 2100 g/mol. The standard InChI is InChI=1S/C42H49ClFN9O2S.C35H39ClFN7O.C34H41ClFN9OS/c1-26(2)5-4-6-29-19-35(38(44)36(43)20-29)37-21-30-25-53(42(54)52-39(30)51-37)32-12-7-27(8-13-32)22-48-31(17-18-47-40(45)46)11-16-34-24-50-41(56-34)49-23-28-9-14-33(55-3)15-10-28;1-22(2)6-3-7-23-18-28(32(37)29(36)19-23)31-20-25-21-44(35(45)43-33(25)42-31)27-12-10-24(11-13-27)30-9-4-8-26(41-30)14-17-40-34-38-15-5-16-39-34;1-20(2)4-3-5-22-14-27(30(36)28(35)15-22)29-16-23-19-45(34(46)44-31(23)43-29)25-9-6-21(7-10-25)17-41-24(12-13-40-32(37)38)8-11-26-18-42-33(39)47-26/h7-10,12-15,19-21,24-26,31,48H,4-6,11,16-18,22-23H2,1-3H3,(H,49,50)(H4,45,46,47)(H,51,52,54);5,10-13,15-16,18-22,26,30,41H,3-4,6-9,14,17H2,1-2H3,(H,38,39,40)(H,42,43,45);6-7,9-10,14-16,18-20,24,41H,3-5,8,11-13,17H2,1-2H3,(H2,39,42)(H4,37,38,40)(H,43,44,46)/t31-;26-,30-;24-/m010/s1. The first-order valence-corrected chi connectivity index (χ1v) is 53.2. The number of nitrogen functional groups attached to an aromatic ring is 1. The van der Waals surface area contributed by atoms with Crippen LogP contribution in [0.15, 0.2) is 225 Å². The molecular weight excluding hydrogens is 1970 g/mol. The number of nitrogens with two attached hydrogens (primary N) is 5. The highest BCUT2D eigenvalue weighted by molar-refractivity contribution is 7.15. The maximum Gasteiger partial charge on any atom is 0.354 e. The SMILES string of the molecule is CC(C)CCCc1cc(Cl)c(F)c(-c2cc3cn(-c4ccc(CN[C@H](CCN=C(N)N)CCc5cnc(N)s5)cc4)c(=O)nc3[nH]2)c1.CC(C)CCCc1cc(Cl)c(F)c(-c2cc3cn(-c4ccc([C@H]5CCC[C@H](CCNc6ncccn6)N5)cc4)c(=O)nc3[nH]2)c1.COc1ccc(CNc2ncc(CC[C@@H](CCN=C(N)N)NCc3ccc(-n4cc5cc(-c6cc(CCCC(C)C)cc(Cl)c6F)[nH]c5nc4=O)cc3)s2)cc1. The number of nitrogens with one attached hydrogen (secondary N) is 8. The molecule has 1 saturated heterocycles. The molecule has 0 unspecified atom stereocenters. The topological polar surface area (TPSA) is 428 Å². The summed E-state index contributed by atoms with van der Waals surface area (Å²) in [4.78, 5) is 89.3. The number of aryl methyl sites for hydroxylation is 5. The van der Waals surface area contributed by atoms with Gasteiger partial charge in [-0.2, -0.15) is 15.0 Å². The Hall–Kier alpha value is -13.6. The van der Waals surface area contributed by atoms with E-state index in [1.165, 1.54) is 35.5 Å². The summed E-state index contributed by atoms with van der Waals surface area (Å²) in [6.07, 6.45) is 30.3. The maximum absolute atomic E-state index is 15.3. The molecule has 0 aliphatic carbocycles. The fourth-order valence-corrected chi connectivity index (χ4v) is 20.4. The molecule has 0 saturated carbocycles. The Morgan fingerprint density at radius 3 is 1.29 bits per heavy atom. The summed E-state index contributed by atoms with van der Waals surface area (Å²) in [6.45, 7) is 16.9. The molecule has 18 N–H and O–H groups in total. The number of rotatable bonds is 45. The zero-order chi connectivity index (χ0) is 104. The van der Waals surface area contributed by atoms with E-state index in [1.807, 2.05) is 122 Å². The molecule has 776 valence electrons. The van der Waals surface area contributed by atoms with Gasteiger partial charge in [-0.25, -0.2) is 47.5 Å². The first-order chi connectivity index (χ1) is 71.4. The van der Waals surface area contributed by atoms with Gasteiger partial charge >= 0.3 is 17.1 Å². The minimum atomic E-state index is -0.504. The number of benzene rings is 7. The van der Waals surface area contributed by atoms with Crippen LogP contribution in [0, 0.1) is 35.2 Å². The minimum Gasteiger partial charge on any atom is -0.497 e. The van der Waals surface area contributed by atoms with Crippen molar-refractivity contribution in [3.8, 4) is 56.6 Å². The van der Waals surface area contributed by atoms with Gasteiger partial charge in [-0.15, -0.1) is 22.7 Å². The molecule has 17 rings (SSSR count). The van der Waals surface area contributed by atoms with Gasteiger partial charge in [-0.3, -0.25) is 23.7 Å². The van der Waals surface area contributed by atoms with Crippen molar-refractivity contribution < 1.29 is 17.9 Å². The van der Waals surface area contributed by atoms with Crippen LogP contribution < -0.4 is 77.1 Å². The number of piperidine rings is 1. The molecule has 10 heterocycles. The van der Waals surface area contributed by atoms with Crippen molar-refractivity contribution >= 4 is 119 Å². The highest BCUT2D eigenvalue weighted by Gasteiger charge is 2.26. The highest BCUT2D eigenvalue weighted by atomic mass is 35.5.